The van der Waals surface area contributed by atoms with Gasteiger partial charge >= 0.3 is 12.2 Å². The summed E-state index contributed by atoms with van der Waals surface area (Å²) in [5.74, 6) is -0.909. The Labute approximate surface area is 470 Å². The van der Waals surface area contributed by atoms with E-state index in [1.54, 1.807) is 52.4 Å². The van der Waals surface area contributed by atoms with Crippen molar-refractivity contribution in [2.45, 2.75) is 75.7 Å². The molecule has 7 amide bonds. The van der Waals surface area contributed by atoms with E-state index in [1.807, 2.05) is 21.7 Å². The molecular weight excluding hydrogens is 1070 g/mol. The van der Waals surface area contributed by atoms with E-state index in [0.29, 0.717) is 126 Å². The zero-order valence-corrected chi connectivity index (χ0v) is 45.2. The van der Waals surface area contributed by atoms with Gasteiger partial charge in [0.2, 0.25) is 17.7 Å². The third kappa shape index (κ3) is 15.3. The number of imide groups is 1. The Morgan fingerprint density at radius 3 is 2.23 bits per heavy atom. The number of alkyl halides is 3. The highest BCUT2D eigenvalue weighted by Gasteiger charge is 2.38. The number of rotatable bonds is 21. The number of hydrogen-bond donors (Lipinski definition) is 5. The predicted octanol–water partition coefficient (Wildman–Crippen LogP) is 4.99. The first-order valence-electron chi connectivity index (χ1n) is 27.4. The lowest BCUT2D eigenvalue weighted by Crippen LogP contribution is -2.65. The Morgan fingerprint density at radius 1 is 0.780 bits per heavy atom. The monoisotopic (exact) mass is 1140 g/mol. The number of hydrogen-bond acceptors (Lipinski definition) is 16. The number of halogens is 3. The molecular formula is C56H66F3N13O10. The molecule has 23 nitrogen and oxygen atoms in total. The molecule has 2 bridgehead atoms. The Balaban J connectivity index is 0.664. The van der Waals surface area contributed by atoms with Gasteiger partial charge < -0.3 is 55.3 Å². The van der Waals surface area contributed by atoms with Gasteiger partial charge in [-0.1, -0.05) is 24.3 Å². The van der Waals surface area contributed by atoms with Crippen molar-refractivity contribution in [3.8, 4) is 11.3 Å². The molecule has 1 aliphatic carbocycles. The number of carbonyl (C=O) groups is 6. The van der Waals surface area contributed by atoms with Crippen LogP contribution in [0.5, 0.6) is 0 Å². The fraction of sp³-hybridized carbons (Fsp3) is 0.464. The summed E-state index contributed by atoms with van der Waals surface area (Å²) in [6, 6.07) is 10.9. The number of nitrogens with one attached hydrogen (secondary N) is 4. The molecule has 2 atom stereocenters. The van der Waals surface area contributed by atoms with Crippen LogP contribution < -0.4 is 31.9 Å². The molecule has 0 unspecified atom stereocenters. The van der Waals surface area contributed by atoms with Gasteiger partial charge in [-0.2, -0.15) is 18.3 Å². The summed E-state index contributed by atoms with van der Waals surface area (Å²) >= 11 is 0. The predicted molar refractivity (Wildman–Crippen MR) is 294 cm³/mol. The number of amides is 7. The Bertz CT molecular complexity index is 3100. The molecule has 1 saturated carbocycles. The highest BCUT2D eigenvalue weighted by molar-refractivity contribution is 6.06. The van der Waals surface area contributed by atoms with Crippen LogP contribution in [0.15, 0.2) is 73.2 Å². The first-order valence-corrected chi connectivity index (χ1v) is 27.4. The molecule has 0 spiro atoms. The smallest absolute Gasteiger partial charge is 0.383 e. The van der Waals surface area contributed by atoms with Gasteiger partial charge in [0.1, 0.15) is 23.1 Å². The maximum atomic E-state index is 13.6. The molecule has 436 valence electrons. The average Bonchev–Trinajstić information content (AvgIpc) is 3.85. The molecule has 5 aromatic rings. The van der Waals surface area contributed by atoms with Gasteiger partial charge in [0, 0.05) is 80.5 Å². The molecule has 2 saturated heterocycles. The average molecular weight is 1140 g/mol. The first kappa shape index (κ1) is 58.6. The molecule has 4 aliphatic rings. The second-order valence-corrected chi connectivity index (χ2v) is 20.2. The van der Waals surface area contributed by atoms with Gasteiger partial charge in [-0.15, -0.1) is 0 Å². The molecule has 82 heavy (non-hydrogen) atoms. The van der Waals surface area contributed by atoms with Crippen LogP contribution >= 0.6 is 0 Å². The quantitative estimate of drug-likeness (QED) is 0.0605. The molecule has 0 radical (unpaired) electrons. The SMILES string of the molecule is Nc1ncc2c3c1c(-c1ccc(C(=O)Nc4cc(C(F)(F)F)ccn4)cc1)nn3[C@@H]1CCC[C@H](C1)NC(=O)CN(C(=O)CCOCCOCCOCCOCCNC(=O)c1ccc(N3CC(N4CCC(=O)NC4=O)C3)nc1)CCC/C=C/2. The number of ether oxygens (including phenoxy) is 4. The number of anilines is 3. The number of fused-ring (bicyclic) bond motifs is 3. The standard InChI is InChI=1S/C56H66F3N13O10/c57-56(58,59)40-14-17-61-44(29-40)66-54(77)37-10-8-36(9-11-37)50-49-51-38(31-64-52(49)60)5-2-1-3-19-69(35-47(74)65-41-6-4-7-42(30-41)72(51)68-50)48(75)16-21-79-23-25-81-27-28-82-26-24-80-22-18-62-53(76)39-12-13-45(63-32-39)70-33-43(34-70)71-20-15-46(73)67-55(71)78/h2,5,8-14,17,29,31-32,41-43H,1,3-4,6-7,15-16,18-28,30,33-35H2,(H2,60,64)(H,62,76)(H,65,74)(H,61,66,77)(H,67,73,78)/b5-2+/t41-,42-/m1/s1. The van der Waals surface area contributed by atoms with E-state index in [4.69, 9.17) is 29.8 Å². The lowest BCUT2D eigenvalue weighted by atomic mass is 9.90. The molecule has 3 fully saturated rings. The zero-order valence-electron chi connectivity index (χ0n) is 45.2. The lowest BCUT2D eigenvalue weighted by molar-refractivity contribution is -0.137. The van der Waals surface area contributed by atoms with E-state index in [9.17, 15) is 41.9 Å². The van der Waals surface area contributed by atoms with E-state index in [1.165, 1.54) is 6.20 Å². The zero-order chi connectivity index (χ0) is 57.6. The third-order valence-electron chi connectivity index (χ3n) is 14.5. The molecule has 7 heterocycles. The number of pyridine rings is 3. The summed E-state index contributed by atoms with van der Waals surface area (Å²) in [4.78, 5) is 94.4. The third-order valence-corrected chi connectivity index (χ3v) is 14.5. The fourth-order valence-corrected chi connectivity index (χ4v) is 10.2. The summed E-state index contributed by atoms with van der Waals surface area (Å²) in [6.07, 6.45) is 7.99. The largest absolute Gasteiger partial charge is 0.416 e. The number of carbonyl (C=O) groups excluding carboxylic acids is 6. The number of urea groups is 1. The maximum Gasteiger partial charge on any atom is 0.416 e. The van der Waals surface area contributed by atoms with Crippen molar-refractivity contribution in [3.05, 3.63) is 95.5 Å². The van der Waals surface area contributed by atoms with Crippen LogP contribution in [0.25, 0.3) is 28.2 Å². The van der Waals surface area contributed by atoms with Crippen LogP contribution in [-0.2, 0) is 39.5 Å². The van der Waals surface area contributed by atoms with Gasteiger partial charge in [0.05, 0.1) is 99.9 Å². The summed E-state index contributed by atoms with van der Waals surface area (Å²) < 4.78 is 64.3. The van der Waals surface area contributed by atoms with Crippen LogP contribution in [0.4, 0.5) is 35.4 Å². The van der Waals surface area contributed by atoms with E-state index in [0.717, 1.165) is 48.7 Å². The fourth-order valence-electron chi connectivity index (χ4n) is 10.2. The van der Waals surface area contributed by atoms with E-state index >= 15 is 0 Å². The second kappa shape index (κ2) is 27.6. The molecule has 6 N–H and O–H groups in total. The van der Waals surface area contributed by atoms with Crippen LogP contribution in [-0.4, -0.2) is 174 Å². The molecule has 3 aliphatic heterocycles. The summed E-state index contributed by atoms with van der Waals surface area (Å²) in [5, 5.41) is 16.5. The van der Waals surface area contributed by atoms with Crippen molar-refractivity contribution in [1.82, 2.24) is 50.5 Å². The number of nitrogens with two attached hydrogens (primary N) is 1. The van der Waals surface area contributed by atoms with Crippen molar-refractivity contribution in [1.29, 1.82) is 0 Å². The minimum atomic E-state index is -4.60. The van der Waals surface area contributed by atoms with E-state index in [2.05, 4.69) is 36.2 Å². The van der Waals surface area contributed by atoms with Gasteiger partial charge in [0.25, 0.3) is 11.8 Å². The van der Waals surface area contributed by atoms with Crippen LogP contribution in [0.2, 0.25) is 0 Å². The topological polar surface area (TPSA) is 280 Å². The summed E-state index contributed by atoms with van der Waals surface area (Å²) in [6.45, 7) is 4.52. The number of benzene rings is 1. The van der Waals surface area contributed by atoms with Gasteiger partial charge in [-0.05, 0) is 74.9 Å². The molecule has 26 heteroatoms. The van der Waals surface area contributed by atoms with Gasteiger partial charge in [-0.3, -0.25) is 34.0 Å². The van der Waals surface area contributed by atoms with E-state index in [-0.39, 0.29) is 91.2 Å². The summed E-state index contributed by atoms with van der Waals surface area (Å²) in [5.41, 5.74) is 8.99. The van der Waals surface area contributed by atoms with Crippen LogP contribution in [0.1, 0.15) is 89.3 Å². The molecule has 4 aromatic heterocycles. The Morgan fingerprint density at radius 2 is 1.51 bits per heavy atom. The van der Waals surface area contributed by atoms with Crippen molar-refractivity contribution in [2.24, 2.45) is 0 Å². The van der Waals surface area contributed by atoms with Crippen molar-refractivity contribution < 1.29 is 60.9 Å². The number of allylic oxidation sites excluding steroid dienone is 1. The molecule has 1 aromatic carbocycles. The van der Waals surface area contributed by atoms with Crippen LogP contribution in [0.3, 0.4) is 0 Å². The lowest BCUT2D eigenvalue weighted by Gasteiger charge is -2.46. The highest BCUT2D eigenvalue weighted by atomic mass is 19.4. The first-order chi connectivity index (χ1) is 39.7. The molecule has 9 rings (SSSR count). The number of nitrogen functional groups attached to an aromatic ring is 1. The van der Waals surface area contributed by atoms with Gasteiger partial charge in [-0.25, -0.2) is 19.7 Å². The van der Waals surface area contributed by atoms with Crippen molar-refractivity contribution in [2.75, 3.05) is 108 Å². The normalized spacial score (nSPS) is 18.5. The van der Waals surface area contributed by atoms with E-state index < -0.39 is 17.6 Å². The van der Waals surface area contributed by atoms with Gasteiger partial charge in [0.15, 0.2) is 0 Å². The van der Waals surface area contributed by atoms with Crippen molar-refractivity contribution in [3.63, 3.8) is 0 Å². The Hall–Kier alpha value is -8.07. The van der Waals surface area contributed by atoms with Crippen molar-refractivity contribution >= 4 is 70.0 Å². The minimum Gasteiger partial charge on any atom is -0.383 e. The van der Waals surface area contributed by atoms with Crippen LogP contribution in [0, 0.1) is 0 Å². The minimum absolute atomic E-state index is 0.00357. The maximum absolute atomic E-state index is 13.6. The summed E-state index contributed by atoms with van der Waals surface area (Å²) in [7, 11) is 0. The second-order valence-electron chi connectivity index (χ2n) is 20.2. The number of nitrogens with zero attached hydrogens (tertiary/aromatic N) is 8. The Kier molecular flexibility index (Phi) is 19.7. The number of aromatic nitrogens is 5. The highest BCUT2D eigenvalue weighted by Crippen LogP contribution is 2.39.